The van der Waals surface area contributed by atoms with Gasteiger partial charge in [-0.25, -0.2) is 0 Å². The molecule has 0 rings (SSSR count). The molecule has 0 bridgehead atoms. The first-order valence-electron chi connectivity index (χ1n) is 2.53. The Balaban J connectivity index is 4.30. The summed E-state index contributed by atoms with van der Waals surface area (Å²) in [4.78, 5) is 19.7. The van der Waals surface area contributed by atoms with E-state index in [0.717, 1.165) is 0 Å². The molecule has 10 heavy (non-hydrogen) atoms. The molecule has 2 unspecified atom stereocenters. The van der Waals surface area contributed by atoms with Gasteiger partial charge < -0.3 is 20.1 Å². The van der Waals surface area contributed by atoms with E-state index in [-0.39, 0.29) is 12.6 Å². The van der Waals surface area contributed by atoms with Crippen LogP contribution in [0.25, 0.3) is 0 Å². The maximum absolute atomic E-state index is 9.93. The summed E-state index contributed by atoms with van der Waals surface area (Å²) in [7, 11) is 0. The standard InChI is InChI=1S/C5H8O5/c6-1-4(9)5(10,2-7)3-8/h1-2,4,8-10H,3H2. The van der Waals surface area contributed by atoms with Crippen LogP contribution in [0.2, 0.25) is 0 Å². The highest BCUT2D eigenvalue weighted by Gasteiger charge is 2.34. The van der Waals surface area contributed by atoms with Gasteiger partial charge in [0.1, 0.15) is 6.10 Å². The Morgan fingerprint density at radius 3 is 2.10 bits per heavy atom. The number of aliphatic hydroxyl groups excluding tert-OH is 2. The van der Waals surface area contributed by atoms with Crippen molar-refractivity contribution in [2.24, 2.45) is 0 Å². The van der Waals surface area contributed by atoms with Crippen LogP contribution in [0.3, 0.4) is 0 Å². The fourth-order valence-electron chi connectivity index (χ4n) is 0.318. The third-order valence-electron chi connectivity index (χ3n) is 1.10. The largest absolute Gasteiger partial charge is 0.393 e. The second-order valence-electron chi connectivity index (χ2n) is 1.85. The predicted molar refractivity (Wildman–Crippen MR) is 30.2 cm³/mol. The monoisotopic (exact) mass is 148 g/mol. The van der Waals surface area contributed by atoms with E-state index in [1.54, 1.807) is 0 Å². The molecule has 0 aromatic heterocycles. The summed E-state index contributed by atoms with van der Waals surface area (Å²) < 4.78 is 0. The molecule has 2 atom stereocenters. The van der Waals surface area contributed by atoms with E-state index in [0.29, 0.717) is 0 Å². The number of carbonyl (C=O) groups is 2. The number of rotatable bonds is 4. The van der Waals surface area contributed by atoms with Crippen LogP contribution in [-0.2, 0) is 9.59 Å². The summed E-state index contributed by atoms with van der Waals surface area (Å²) in [6, 6.07) is 0. The van der Waals surface area contributed by atoms with Gasteiger partial charge in [0.25, 0.3) is 0 Å². The minimum Gasteiger partial charge on any atom is -0.393 e. The van der Waals surface area contributed by atoms with Crippen LogP contribution in [0, 0.1) is 0 Å². The first-order valence-corrected chi connectivity index (χ1v) is 2.53. The van der Waals surface area contributed by atoms with Crippen molar-refractivity contribution in [1.82, 2.24) is 0 Å². The summed E-state index contributed by atoms with van der Waals surface area (Å²) in [6.07, 6.45) is -1.97. The molecule has 0 saturated heterocycles. The molecule has 0 fully saturated rings. The highest BCUT2D eigenvalue weighted by molar-refractivity contribution is 5.73. The Morgan fingerprint density at radius 2 is 2.00 bits per heavy atom. The van der Waals surface area contributed by atoms with Gasteiger partial charge in [0.2, 0.25) is 0 Å². The van der Waals surface area contributed by atoms with Crippen molar-refractivity contribution in [2.45, 2.75) is 11.7 Å². The van der Waals surface area contributed by atoms with E-state index < -0.39 is 18.3 Å². The molecule has 0 aliphatic carbocycles. The van der Waals surface area contributed by atoms with Gasteiger partial charge in [0.15, 0.2) is 18.2 Å². The van der Waals surface area contributed by atoms with E-state index in [4.69, 9.17) is 15.3 Å². The molecule has 58 valence electrons. The van der Waals surface area contributed by atoms with Crippen molar-refractivity contribution in [3.8, 4) is 0 Å². The van der Waals surface area contributed by atoms with E-state index in [1.165, 1.54) is 0 Å². The Morgan fingerprint density at radius 1 is 1.50 bits per heavy atom. The van der Waals surface area contributed by atoms with Crippen LogP contribution < -0.4 is 0 Å². The van der Waals surface area contributed by atoms with Crippen LogP contribution in [0.5, 0.6) is 0 Å². The minimum atomic E-state index is -2.35. The lowest BCUT2D eigenvalue weighted by molar-refractivity contribution is -0.150. The van der Waals surface area contributed by atoms with Gasteiger partial charge in [-0.2, -0.15) is 0 Å². The van der Waals surface area contributed by atoms with Gasteiger partial charge in [-0.1, -0.05) is 0 Å². The molecule has 0 aliphatic heterocycles. The highest BCUT2D eigenvalue weighted by Crippen LogP contribution is 2.03. The first-order chi connectivity index (χ1) is 4.60. The maximum atomic E-state index is 9.93. The maximum Gasteiger partial charge on any atom is 0.175 e. The van der Waals surface area contributed by atoms with Crippen molar-refractivity contribution in [3.63, 3.8) is 0 Å². The van der Waals surface area contributed by atoms with Gasteiger partial charge in [-0.3, -0.25) is 4.79 Å². The lowest BCUT2D eigenvalue weighted by Gasteiger charge is -2.19. The van der Waals surface area contributed by atoms with Crippen molar-refractivity contribution in [3.05, 3.63) is 0 Å². The zero-order chi connectivity index (χ0) is 8.20. The van der Waals surface area contributed by atoms with Gasteiger partial charge in [0, 0.05) is 0 Å². The SMILES string of the molecule is O=CC(O)C(O)(C=O)CO. The zero-order valence-corrected chi connectivity index (χ0v) is 5.10. The molecule has 0 amide bonds. The highest BCUT2D eigenvalue weighted by atomic mass is 16.4. The number of carbonyl (C=O) groups excluding carboxylic acids is 2. The minimum absolute atomic E-state index is 0.0232. The van der Waals surface area contributed by atoms with Crippen molar-refractivity contribution < 1.29 is 24.9 Å². The number of hydrogen-bond acceptors (Lipinski definition) is 5. The fraction of sp³-hybridized carbons (Fsp3) is 0.600. The molecule has 0 aliphatic rings. The molecular formula is C5H8O5. The molecule has 0 heterocycles. The van der Waals surface area contributed by atoms with Gasteiger partial charge in [-0.15, -0.1) is 0 Å². The van der Waals surface area contributed by atoms with Crippen LogP contribution in [-0.4, -0.2) is 46.2 Å². The summed E-state index contributed by atoms with van der Waals surface area (Å²) >= 11 is 0. The molecule has 0 aromatic carbocycles. The number of aliphatic hydroxyl groups is 3. The van der Waals surface area contributed by atoms with Crippen molar-refractivity contribution in [1.29, 1.82) is 0 Å². The fourth-order valence-corrected chi connectivity index (χ4v) is 0.318. The van der Waals surface area contributed by atoms with E-state index in [9.17, 15) is 9.59 Å². The summed E-state index contributed by atoms with van der Waals surface area (Å²) in [5, 5.41) is 25.7. The van der Waals surface area contributed by atoms with Gasteiger partial charge in [-0.05, 0) is 0 Å². The lowest BCUT2D eigenvalue weighted by Crippen LogP contribution is -2.48. The van der Waals surface area contributed by atoms with Crippen LogP contribution >= 0.6 is 0 Å². The topological polar surface area (TPSA) is 94.8 Å². The Kier molecular flexibility index (Phi) is 3.14. The Bertz CT molecular complexity index is 134. The van der Waals surface area contributed by atoms with Crippen molar-refractivity contribution >= 4 is 12.6 Å². The molecule has 3 N–H and O–H groups in total. The van der Waals surface area contributed by atoms with Crippen LogP contribution in [0.1, 0.15) is 0 Å². The molecular weight excluding hydrogens is 140 g/mol. The van der Waals surface area contributed by atoms with E-state index in [1.807, 2.05) is 0 Å². The third-order valence-corrected chi connectivity index (χ3v) is 1.10. The summed E-state index contributed by atoms with van der Waals surface area (Å²) in [6.45, 7) is -0.976. The third kappa shape index (κ3) is 1.60. The lowest BCUT2D eigenvalue weighted by atomic mass is 10.0. The van der Waals surface area contributed by atoms with Gasteiger partial charge in [0.05, 0.1) is 6.61 Å². The molecule has 0 spiro atoms. The zero-order valence-electron chi connectivity index (χ0n) is 5.10. The molecule has 0 aromatic rings. The summed E-state index contributed by atoms with van der Waals surface area (Å²) in [5.41, 5.74) is -2.35. The van der Waals surface area contributed by atoms with E-state index >= 15 is 0 Å². The molecule has 5 nitrogen and oxygen atoms in total. The normalized spacial score (nSPS) is 19.1. The second kappa shape index (κ2) is 3.40. The van der Waals surface area contributed by atoms with Crippen LogP contribution in [0.15, 0.2) is 0 Å². The Hall–Kier alpha value is -0.780. The van der Waals surface area contributed by atoms with E-state index in [2.05, 4.69) is 0 Å². The molecule has 0 radical (unpaired) electrons. The second-order valence-corrected chi connectivity index (χ2v) is 1.85. The average molecular weight is 148 g/mol. The molecule has 0 saturated carbocycles. The predicted octanol–water partition coefficient (Wildman–Crippen LogP) is -2.53. The number of hydrogen-bond donors (Lipinski definition) is 3. The number of aldehydes is 2. The van der Waals surface area contributed by atoms with Gasteiger partial charge >= 0.3 is 0 Å². The van der Waals surface area contributed by atoms with Crippen molar-refractivity contribution in [2.75, 3.05) is 6.61 Å². The Labute approximate surface area is 56.9 Å². The first kappa shape index (κ1) is 9.22. The summed E-state index contributed by atoms with van der Waals surface area (Å²) in [5.74, 6) is 0. The average Bonchev–Trinajstić information content (AvgIpc) is 2.01. The quantitative estimate of drug-likeness (QED) is 0.382. The van der Waals surface area contributed by atoms with Crippen LogP contribution in [0.4, 0.5) is 0 Å². The molecule has 5 heteroatoms. The smallest absolute Gasteiger partial charge is 0.175 e.